The van der Waals surface area contributed by atoms with Gasteiger partial charge in [0, 0.05) is 23.1 Å². The number of benzene rings is 2. The zero-order valence-electron chi connectivity index (χ0n) is 11.1. The molecule has 0 aromatic heterocycles. The minimum atomic E-state index is -0.317. The van der Waals surface area contributed by atoms with Crippen LogP contribution in [0.25, 0.3) is 5.70 Å². The van der Waals surface area contributed by atoms with E-state index < -0.39 is 0 Å². The number of halogens is 1. The van der Waals surface area contributed by atoms with Crippen LogP contribution in [0.5, 0.6) is 0 Å². The summed E-state index contributed by atoms with van der Waals surface area (Å²) < 4.78 is 13.5. The Kier molecular flexibility index (Phi) is 3.53. The van der Waals surface area contributed by atoms with Crippen molar-refractivity contribution in [2.75, 3.05) is 6.54 Å². The third-order valence-corrected chi connectivity index (χ3v) is 4.18. The first-order valence-electron chi connectivity index (χ1n) is 6.64. The fourth-order valence-corrected chi connectivity index (χ4v) is 2.73. The molecular weight excluding hydrogens is 269 g/mol. The summed E-state index contributed by atoms with van der Waals surface area (Å²) in [5.74, 6) is 0.208. The highest BCUT2D eigenvalue weighted by atomic mass is 32.1. The summed E-state index contributed by atoms with van der Waals surface area (Å²) >= 11 is 4.03. The second kappa shape index (κ2) is 5.33. The first-order valence-corrected chi connectivity index (χ1v) is 7.09. The Bertz CT molecular complexity index is 666. The molecule has 2 aromatic rings. The van der Waals surface area contributed by atoms with Crippen LogP contribution in [0.2, 0.25) is 0 Å². The van der Waals surface area contributed by atoms with Gasteiger partial charge in [-0.3, -0.25) is 0 Å². The van der Waals surface area contributed by atoms with Crippen molar-refractivity contribution in [3.05, 3.63) is 71.6 Å². The Balaban J connectivity index is 1.62. The molecule has 20 heavy (non-hydrogen) atoms. The van der Waals surface area contributed by atoms with E-state index in [1.807, 2.05) is 6.07 Å². The third kappa shape index (κ3) is 2.46. The zero-order valence-corrected chi connectivity index (χ0v) is 12.0. The lowest BCUT2D eigenvalue weighted by Crippen LogP contribution is -2.28. The van der Waals surface area contributed by atoms with Crippen LogP contribution in [0, 0.1) is 5.82 Å². The van der Waals surface area contributed by atoms with Gasteiger partial charge in [-0.2, -0.15) is 0 Å². The van der Waals surface area contributed by atoms with Crippen LogP contribution in [0.15, 0.2) is 53.9 Å². The molecule has 3 rings (SSSR count). The smallest absolute Gasteiger partial charge is 0.137 e. The summed E-state index contributed by atoms with van der Waals surface area (Å²) in [6.07, 6.45) is 1.10. The molecule has 1 N–H and O–H groups in total. The molecule has 1 aliphatic rings. The largest absolute Gasteiger partial charge is 0.384 e. The maximum Gasteiger partial charge on any atom is 0.137 e. The van der Waals surface area contributed by atoms with Crippen molar-refractivity contribution in [2.24, 2.45) is 0 Å². The van der Waals surface area contributed by atoms with Gasteiger partial charge in [0.2, 0.25) is 0 Å². The Hall–Kier alpha value is -1.74. The zero-order chi connectivity index (χ0) is 14.1. The number of hydrogen-bond acceptors (Lipinski definition) is 2. The first kappa shape index (κ1) is 13.3. The Morgan fingerprint density at radius 1 is 1.30 bits per heavy atom. The minimum absolute atomic E-state index is 0.317. The van der Waals surface area contributed by atoms with Crippen molar-refractivity contribution in [3.8, 4) is 0 Å². The minimum Gasteiger partial charge on any atom is -0.384 e. The lowest BCUT2D eigenvalue weighted by Gasteiger charge is -2.30. The van der Waals surface area contributed by atoms with Crippen molar-refractivity contribution in [1.82, 2.24) is 5.32 Å². The second-order valence-electron chi connectivity index (χ2n) is 5.13. The molecule has 1 atom stereocenters. The monoisotopic (exact) mass is 285 g/mol. The van der Waals surface area contributed by atoms with Crippen LogP contribution in [-0.4, -0.2) is 6.54 Å². The van der Waals surface area contributed by atoms with Gasteiger partial charge in [-0.25, -0.2) is 4.39 Å². The highest BCUT2D eigenvalue weighted by Gasteiger charge is 2.24. The molecular formula is C17H16FNS. The predicted octanol–water partition coefficient (Wildman–Crippen LogP) is 4.01. The molecule has 0 saturated heterocycles. The van der Waals surface area contributed by atoms with Crippen molar-refractivity contribution < 1.29 is 4.39 Å². The van der Waals surface area contributed by atoms with Gasteiger partial charge in [-0.1, -0.05) is 36.9 Å². The SMILES string of the molecule is C=C(NCC1Cc2ccccc21)c1ccc(S)c(F)c1. The van der Waals surface area contributed by atoms with Gasteiger partial charge >= 0.3 is 0 Å². The van der Waals surface area contributed by atoms with E-state index in [9.17, 15) is 4.39 Å². The topological polar surface area (TPSA) is 12.0 Å². The van der Waals surface area contributed by atoms with Crippen LogP contribution in [-0.2, 0) is 6.42 Å². The number of thiol groups is 1. The van der Waals surface area contributed by atoms with E-state index in [-0.39, 0.29) is 5.82 Å². The average Bonchev–Trinajstić information content (AvgIpc) is 2.42. The van der Waals surface area contributed by atoms with Gasteiger partial charge in [0.05, 0.1) is 0 Å². The van der Waals surface area contributed by atoms with Gasteiger partial charge in [0.15, 0.2) is 0 Å². The summed E-state index contributed by atoms with van der Waals surface area (Å²) in [4.78, 5) is 0.356. The second-order valence-corrected chi connectivity index (χ2v) is 5.61. The van der Waals surface area contributed by atoms with Crippen LogP contribution in [0.3, 0.4) is 0 Å². The molecule has 0 saturated carbocycles. The molecule has 2 aromatic carbocycles. The van der Waals surface area contributed by atoms with Crippen LogP contribution < -0.4 is 5.32 Å². The molecule has 1 aliphatic carbocycles. The van der Waals surface area contributed by atoms with Crippen LogP contribution in [0.1, 0.15) is 22.6 Å². The van der Waals surface area contributed by atoms with Gasteiger partial charge < -0.3 is 5.32 Å². The number of fused-ring (bicyclic) bond motifs is 1. The van der Waals surface area contributed by atoms with Crippen LogP contribution in [0.4, 0.5) is 4.39 Å². The number of hydrogen-bond donors (Lipinski definition) is 2. The molecule has 0 spiro atoms. The first-order chi connectivity index (χ1) is 9.65. The summed E-state index contributed by atoms with van der Waals surface area (Å²) in [6.45, 7) is 4.81. The standard InChI is InChI=1S/C17H16FNS/c1-11(12-6-7-17(20)16(18)9-12)19-10-14-8-13-4-2-3-5-15(13)14/h2-7,9,14,19-20H,1,8,10H2. The van der Waals surface area contributed by atoms with E-state index in [4.69, 9.17) is 0 Å². The molecule has 1 nitrogen and oxygen atoms in total. The third-order valence-electron chi connectivity index (χ3n) is 3.82. The van der Waals surface area contributed by atoms with Gasteiger partial charge in [-0.05, 0) is 35.2 Å². The molecule has 0 amide bonds. The number of rotatable bonds is 4. The van der Waals surface area contributed by atoms with E-state index in [1.54, 1.807) is 6.07 Å². The van der Waals surface area contributed by atoms with E-state index >= 15 is 0 Å². The molecule has 1 unspecified atom stereocenters. The average molecular weight is 285 g/mol. The summed E-state index contributed by atoms with van der Waals surface area (Å²) in [7, 11) is 0. The van der Waals surface area contributed by atoms with E-state index in [0.717, 1.165) is 24.2 Å². The highest BCUT2D eigenvalue weighted by Crippen LogP contribution is 2.34. The predicted molar refractivity (Wildman–Crippen MR) is 83.6 cm³/mol. The van der Waals surface area contributed by atoms with Crippen LogP contribution >= 0.6 is 12.6 Å². The molecule has 3 heteroatoms. The molecule has 0 heterocycles. The maximum absolute atomic E-state index is 13.5. The molecule has 102 valence electrons. The molecule has 0 bridgehead atoms. The fourth-order valence-electron chi connectivity index (χ4n) is 2.59. The van der Waals surface area contributed by atoms with Crippen molar-refractivity contribution >= 4 is 18.3 Å². The Morgan fingerprint density at radius 3 is 2.85 bits per heavy atom. The Labute approximate surface area is 123 Å². The fraction of sp³-hybridized carbons (Fsp3) is 0.176. The lowest BCUT2D eigenvalue weighted by atomic mass is 9.77. The summed E-state index contributed by atoms with van der Waals surface area (Å²) in [5, 5.41) is 3.30. The summed E-state index contributed by atoms with van der Waals surface area (Å²) in [6, 6.07) is 13.4. The molecule has 0 aliphatic heterocycles. The maximum atomic E-state index is 13.5. The highest BCUT2D eigenvalue weighted by molar-refractivity contribution is 7.80. The van der Waals surface area contributed by atoms with E-state index in [1.165, 1.54) is 17.2 Å². The normalized spacial score (nSPS) is 16.2. The quantitative estimate of drug-likeness (QED) is 0.809. The van der Waals surface area contributed by atoms with E-state index in [2.05, 4.69) is 48.8 Å². The lowest BCUT2D eigenvalue weighted by molar-refractivity contribution is 0.584. The van der Waals surface area contributed by atoms with Gasteiger partial charge in [0.25, 0.3) is 0 Å². The van der Waals surface area contributed by atoms with Gasteiger partial charge in [-0.15, -0.1) is 12.6 Å². The molecule has 0 fully saturated rings. The Morgan fingerprint density at radius 2 is 2.10 bits per heavy atom. The van der Waals surface area contributed by atoms with Crippen molar-refractivity contribution in [3.63, 3.8) is 0 Å². The van der Waals surface area contributed by atoms with Crippen molar-refractivity contribution in [2.45, 2.75) is 17.2 Å². The van der Waals surface area contributed by atoms with Gasteiger partial charge in [0.1, 0.15) is 5.82 Å². The number of nitrogens with one attached hydrogen (secondary N) is 1. The van der Waals surface area contributed by atoms with E-state index in [0.29, 0.717) is 10.8 Å². The summed E-state index contributed by atoms with van der Waals surface area (Å²) in [5.41, 5.74) is 4.36. The van der Waals surface area contributed by atoms with Crippen molar-refractivity contribution in [1.29, 1.82) is 0 Å². The molecule has 0 radical (unpaired) electrons.